The lowest BCUT2D eigenvalue weighted by atomic mass is 9.82. The second-order valence-corrected chi connectivity index (χ2v) is 5.68. The minimum Gasteiger partial charge on any atom is -0.392 e. The van der Waals surface area contributed by atoms with E-state index in [1.165, 1.54) is 12.1 Å². The molecule has 0 radical (unpaired) electrons. The predicted molar refractivity (Wildman–Crippen MR) is 75.5 cm³/mol. The van der Waals surface area contributed by atoms with E-state index in [1.807, 2.05) is 13.8 Å². The molecule has 0 aromatic heterocycles. The first-order valence-electron chi connectivity index (χ1n) is 6.97. The van der Waals surface area contributed by atoms with Gasteiger partial charge in [0.25, 0.3) is 5.69 Å². The van der Waals surface area contributed by atoms with Crippen LogP contribution < -0.4 is 0 Å². The van der Waals surface area contributed by atoms with Gasteiger partial charge in [-0.2, -0.15) is 0 Å². The first-order chi connectivity index (χ1) is 9.40. The zero-order chi connectivity index (χ0) is 14.9. The van der Waals surface area contributed by atoms with Crippen LogP contribution in [0.3, 0.4) is 0 Å². The molecule has 1 N–H and O–H groups in total. The summed E-state index contributed by atoms with van der Waals surface area (Å²) in [5, 5.41) is 21.0. The third kappa shape index (κ3) is 2.99. The summed E-state index contributed by atoms with van der Waals surface area (Å²) in [4.78, 5) is 10.2. The summed E-state index contributed by atoms with van der Waals surface area (Å²) in [5.41, 5.74) is 0.977. The van der Waals surface area contributed by atoms with E-state index in [0.29, 0.717) is 12.3 Å². The summed E-state index contributed by atoms with van der Waals surface area (Å²) >= 11 is 0. The van der Waals surface area contributed by atoms with Gasteiger partial charge in [-0.15, -0.1) is 0 Å². The van der Waals surface area contributed by atoms with E-state index in [-0.39, 0.29) is 23.8 Å². The van der Waals surface area contributed by atoms with Crippen LogP contribution in [0.5, 0.6) is 0 Å². The highest BCUT2D eigenvalue weighted by Crippen LogP contribution is 2.35. The van der Waals surface area contributed by atoms with Gasteiger partial charge in [-0.25, -0.2) is 0 Å². The molecule has 1 aromatic carbocycles. The highest BCUT2D eigenvalue weighted by Gasteiger charge is 2.40. The fraction of sp³-hybridized carbons (Fsp3) is 0.600. The topological polar surface area (TPSA) is 72.6 Å². The van der Waals surface area contributed by atoms with E-state index >= 15 is 0 Å². The van der Waals surface area contributed by atoms with Gasteiger partial charge in [-0.05, 0) is 31.7 Å². The lowest BCUT2D eigenvalue weighted by Gasteiger charge is -2.24. The highest BCUT2D eigenvalue weighted by atomic mass is 16.6. The maximum atomic E-state index is 10.6. The molecule has 5 heteroatoms. The fourth-order valence-corrected chi connectivity index (χ4v) is 3.09. The number of benzene rings is 1. The van der Waals surface area contributed by atoms with Gasteiger partial charge in [0.2, 0.25) is 0 Å². The van der Waals surface area contributed by atoms with Crippen molar-refractivity contribution in [3.63, 3.8) is 0 Å². The molecular formula is C15H21NO4. The van der Waals surface area contributed by atoms with Crippen molar-refractivity contribution < 1.29 is 14.8 Å². The van der Waals surface area contributed by atoms with Gasteiger partial charge >= 0.3 is 0 Å². The smallest absolute Gasteiger partial charge is 0.269 e. The van der Waals surface area contributed by atoms with Crippen LogP contribution in [0.2, 0.25) is 0 Å². The van der Waals surface area contributed by atoms with Crippen LogP contribution >= 0.6 is 0 Å². The van der Waals surface area contributed by atoms with Gasteiger partial charge in [0.15, 0.2) is 0 Å². The first-order valence-corrected chi connectivity index (χ1v) is 6.97. The number of aliphatic hydroxyl groups excluding tert-OH is 1. The summed E-state index contributed by atoms with van der Waals surface area (Å²) in [5.74, 6) is 0.401. The van der Waals surface area contributed by atoms with Gasteiger partial charge in [0.1, 0.15) is 0 Å². The molecule has 0 aliphatic carbocycles. The fourth-order valence-electron chi connectivity index (χ4n) is 3.09. The molecule has 1 saturated heterocycles. The average Bonchev–Trinajstić information content (AvgIpc) is 2.63. The monoisotopic (exact) mass is 279 g/mol. The van der Waals surface area contributed by atoms with E-state index in [9.17, 15) is 15.2 Å². The molecule has 5 nitrogen and oxygen atoms in total. The molecule has 0 spiro atoms. The number of nitro groups is 1. The third-order valence-electron chi connectivity index (χ3n) is 4.36. The maximum Gasteiger partial charge on any atom is 0.269 e. The molecule has 0 amide bonds. The summed E-state index contributed by atoms with van der Waals surface area (Å²) in [6.07, 6.45) is 0.189. The molecular weight excluding hydrogens is 258 g/mol. The number of non-ortho nitro benzene ring substituents is 1. The Hall–Kier alpha value is -1.46. The van der Waals surface area contributed by atoms with Crippen molar-refractivity contribution in [2.75, 3.05) is 0 Å². The average molecular weight is 279 g/mol. The zero-order valence-electron chi connectivity index (χ0n) is 12.0. The molecule has 0 saturated carbocycles. The number of hydrogen-bond acceptors (Lipinski definition) is 4. The Morgan fingerprint density at radius 3 is 2.30 bits per heavy atom. The van der Waals surface area contributed by atoms with Crippen LogP contribution in [-0.2, 0) is 11.2 Å². The first kappa shape index (κ1) is 14.9. The molecule has 110 valence electrons. The molecule has 1 fully saturated rings. The number of rotatable bonds is 4. The van der Waals surface area contributed by atoms with Gasteiger partial charge in [0.05, 0.1) is 23.2 Å². The summed E-state index contributed by atoms with van der Waals surface area (Å²) in [7, 11) is 0. The van der Waals surface area contributed by atoms with Crippen molar-refractivity contribution in [2.45, 2.75) is 45.5 Å². The van der Waals surface area contributed by atoms with E-state index in [4.69, 9.17) is 4.74 Å². The number of nitrogens with zero attached hydrogens (tertiary/aromatic N) is 1. The van der Waals surface area contributed by atoms with Crippen LogP contribution in [0, 0.1) is 22.0 Å². The zero-order valence-corrected chi connectivity index (χ0v) is 12.0. The van der Waals surface area contributed by atoms with E-state index in [0.717, 1.165) is 5.56 Å². The number of hydrogen-bond donors (Lipinski definition) is 1. The number of nitro benzene ring substituents is 1. The SMILES string of the molecule is CC1OC(C)C(C(O)Cc2ccc([N+](=O)[O-])cc2)C1C. The van der Waals surface area contributed by atoms with Crippen LogP contribution in [-0.4, -0.2) is 28.3 Å². The van der Waals surface area contributed by atoms with Gasteiger partial charge < -0.3 is 9.84 Å². The second-order valence-electron chi connectivity index (χ2n) is 5.68. The Morgan fingerprint density at radius 2 is 1.85 bits per heavy atom. The summed E-state index contributed by atoms with van der Waals surface area (Å²) < 4.78 is 5.75. The third-order valence-corrected chi connectivity index (χ3v) is 4.36. The molecule has 1 aliphatic rings. The maximum absolute atomic E-state index is 10.6. The predicted octanol–water partition coefficient (Wildman–Crippen LogP) is 2.56. The number of ether oxygens (including phenoxy) is 1. The van der Waals surface area contributed by atoms with Gasteiger partial charge in [-0.1, -0.05) is 19.1 Å². The van der Waals surface area contributed by atoms with Crippen molar-refractivity contribution >= 4 is 5.69 Å². The van der Waals surface area contributed by atoms with Gasteiger partial charge in [0, 0.05) is 18.1 Å². The molecule has 2 rings (SSSR count). The normalized spacial score (nSPS) is 31.2. The highest BCUT2D eigenvalue weighted by molar-refractivity contribution is 5.33. The minimum atomic E-state index is -0.494. The Kier molecular flexibility index (Phi) is 4.40. The quantitative estimate of drug-likeness (QED) is 0.679. The molecule has 0 bridgehead atoms. The minimum absolute atomic E-state index is 0.0352. The molecule has 5 unspecified atom stereocenters. The van der Waals surface area contributed by atoms with Crippen LogP contribution in [0.15, 0.2) is 24.3 Å². The van der Waals surface area contributed by atoms with Crippen molar-refractivity contribution in [1.82, 2.24) is 0 Å². The Bertz CT molecular complexity index is 473. The molecule has 1 aromatic rings. The second kappa shape index (κ2) is 5.89. The van der Waals surface area contributed by atoms with E-state index in [1.54, 1.807) is 12.1 Å². The lowest BCUT2D eigenvalue weighted by Crippen LogP contribution is -2.32. The molecule has 5 atom stereocenters. The molecule has 1 aliphatic heterocycles. The van der Waals surface area contributed by atoms with Crippen molar-refractivity contribution in [2.24, 2.45) is 11.8 Å². The largest absolute Gasteiger partial charge is 0.392 e. The van der Waals surface area contributed by atoms with Gasteiger partial charge in [-0.3, -0.25) is 10.1 Å². The van der Waals surface area contributed by atoms with Crippen molar-refractivity contribution in [3.05, 3.63) is 39.9 Å². The molecule has 20 heavy (non-hydrogen) atoms. The van der Waals surface area contributed by atoms with Crippen molar-refractivity contribution in [1.29, 1.82) is 0 Å². The van der Waals surface area contributed by atoms with Crippen LogP contribution in [0.25, 0.3) is 0 Å². The molecule has 1 heterocycles. The van der Waals surface area contributed by atoms with E-state index in [2.05, 4.69) is 6.92 Å². The Labute approximate surface area is 118 Å². The van der Waals surface area contributed by atoms with Crippen LogP contribution in [0.1, 0.15) is 26.3 Å². The Balaban J connectivity index is 2.04. The van der Waals surface area contributed by atoms with Crippen molar-refractivity contribution in [3.8, 4) is 0 Å². The number of aliphatic hydroxyl groups is 1. The Morgan fingerprint density at radius 1 is 1.25 bits per heavy atom. The van der Waals surface area contributed by atoms with E-state index < -0.39 is 11.0 Å². The standard InChI is InChI=1S/C15H21NO4/c1-9-10(2)20-11(3)15(9)14(17)8-12-4-6-13(7-5-12)16(18)19/h4-7,9-11,14-15,17H,8H2,1-3H3. The lowest BCUT2D eigenvalue weighted by molar-refractivity contribution is -0.384. The summed E-state index contributed by atoms with van der Waals surface area (Å²) in [6, 6.07) is 6.36. The van der Waals surface area contributed by atoms with Crippen LogP contribution in [0.4, 0.5) is 5.69 Å². The summed E-state index contributed by atoms with van der Waals surface area (Å²) in [6.45, 7) is 6.11.